The minimum absolute atomic E-state index is 0.171. The minimum atomic E-state index is -0.336. The van der Waals surface area contributed by atoms with Crippen molar-refractivity contribution in [2.24, 2.45) is 0 Å². The van der Waals surface area contributed by atoms with Crippen LogP contribution in [-0.4, -0.2) is 87.2 Å². The van der Waals surface area contributed by atoms with Crippen molar-refractivity contribution in [3.63, 3.8) is 0 Å². The lowest BCUT2D eigenvalue weighted by molar-refractivity contribution is -0.111. The molecule has 1 amide bonds. The van der Waals surface area contributed by atoms with E-state index in [0.717, 1.165) is 12.1 Å². The molecule has 13 heteroatoms. The number of nitrogens with zero attached hydrogens (tertiary/aromatic N) is 4. The Bertz CT molecular complexity index is 1770. The summed E-state index contributed by atoms with van der Waals surface area (Å²) in [6, 6.07) is 16.6. The van der Waals surface area contributed by atoms with Gasteiger partial charge in [0, 0.05) is 75.9 Å². The van der Waals surface area contributed by atoms with Gasteiger partial charge in [0.25, 0.3) is 0 Å². The number of nitrogens with one attached hydrogen (secondary N) is 2. The van der Waals surface area contributed by atoms with Gasteiger partial charge in [-0.3, -0.25) is 19.7 Å². The van der Waals surface area contributed by atoms with Crippen LogP contribution in [-0.2, 0) is 25.6 Å². The van der Waals surface area contributed by atoms with Gasteiger partial charge in [-0.25, -0.2) is 0 Å². The van der Waals surface area contributed by atoms with Crippen LogP contribution in [0.1, 0.15) is 17.7 Å². The van der Waals surface area contributed by atoms with Crippen LogP contribution in [0.15, 0.2) is 73.1 Å². The van der Waals surface area contributed by atoms with Gasteiger partial charge in [0.05, 0.1) is 59.6 Å². The third kappa shape index (κ3) is 10.1. The van der Waals surface area contributed by atoms with Crippen LogP contribution < -0.4 is 20.1 Å². The molecule has 49 heavy (non-hydrogen) atoms. The van der Waals surface area contributed by atoms with Crippen molar-refractivity contribution in [1.29, 1.82) is 5.26 Å². The number of rotatable bonds is 17. The second-order valence-corrected chi connectivity index (χ2v) is 11.6. The van der Waals surface area contributed by atoms with Crippen molar-refractivity contribution in [2.75, 3.05) is 70.9 Å². The molecule has 2 aromatic heterocycles. The van der Waals surface area contributed by atoms with Gasteiger partial charge >= 0.3 is 0 Å². The molecule has 1 atom stereocenters. The van der Waals surface area contributed by atoms with E-state index in [2.05, 4.69) is 31.6 Å². The molecule has 0 bridgehead atoms. The van der Waals surface area contributed by atoms with Gasteiger partial charge in [-0.15, -0.1) is 0 Å². The number of ether oxygens (including phenoxy) is 5. The molecule has 1 fully saturated rings. The molecule has 2 aromatic carbocycles. The van der Waals surface area contributed by atoms with E-state index in [1.807, 2.05) is 18.2 Å². The predicted molar refractivity (Wildman–Crippen MR) is 188 cm³/mol. The first kappa shape index (κ1) is 35.5. The Hall–Kier alpha value is -4.77. The first-order valence-corrected chi connectivity index (χ1v) is 16.2. The second-order valence-electron chi connectivity index (χ2n) is 11.2. The predicted octanol–water partition coefficient (Wildman–Crippen LogP) is 5.73. The average Bonchev–Trinajstić information content (AvgIpc) is 3.63. The van der Waals surface area contributed by atoms with Crippen molar-refractivity contribution >= 4 is 45.5 Å². The van der Waals surface area contributed by atoms with Crippen LogP contribution in [0.5, 0.6) is 11.5 Å². The number of hydrogen-bond donors (Lipinski definition) is 2. The number of fused-ring (bicyclic) bond motifs is 1. The molecular formula is C36H39ClN6O6. The van der Waals surface area contributed by atoms with E-state index < -0.39 is 0 Å². The summed E-state index contributed by atoms with van der Waals surface area (Å²) < 4.78 is 28.1. The van der Waals surface area contributed by atoms with Gasteiger partial charge in [0.1, 0.15) is 30.3 Å². The topological polar surface area (TPSA) is 140 Å². The van der Waals surface area contributed by atoms with E-state index in [1.54, 1.807) is 56.8 Å². The van der Waals surface area contributed by atoms with Crippen molar-refractivity contribution in [1.82, 2.24) is 14.9 Å². The van der Waals surface area contributed by atoms with Gasteiger partial charge < -0.3 is 34.3 Å². The van der Waals surface area contributed by atoms with E-state index in [0.29, 0.717) is 96.1 Å². The summed E-state index contributed by atoms with van der Waals surface area (Å²) in [5.41, 5.74) is 3.21. The van der Waals surface area contributed by atoms with E-state index in [-0.39, 0.29) is 18.6 Å². The van der Waals surface area contributed by atoms with Crippen LogP contribution in [0.4, 0.5) is 17.1 Å². The largest absolute Gasteiger partial charge is 0.486 e. The number of benzene rings is 2. The molecule has 256 valence electrons. The number of halogens is 1. The normalized spacial score (nSPS) is 14.3. The van der Waals surface area contributed by atoms with E-state index in [4.69, 9.17) is 35.3 Å². The lowest BCUT2D eigenvalue weighted by Gasteiger charge is -2.20. The number of hydrogen-bond acceptors (Lipinski definition) is 11. The highest BCUT2D eigenvalue weighted by atomic mass is 35.5. The summed E-state index contributed by atoms with van der Waals surface area (Å²) in [5, 5.41) is 17.3. The van der Waals surface area contributed by atoms with Crippen molar-refractivity contribution in [3.05, 3.63) is 89.4 Å². The number of pyridine rings is 2. The van der Waals surface area contributed by atoms with Crippen molar-refractivity contribution < 1.29 is 28.5 Å². The summed E-state index contributed by atoms with van der Waals surface area (Å²) in [6.45, 7) is 4.39. The zero-order valence-electron chi connectivity index (χ0n) is 27.5. The molecule has 0 aliphatic carbocycles. The van der Waals surface area contributed by atoms with Crippen molar-refractivity contribution in [2.45, 2.75) is 19.1 Å². The van der Waals surface area contributed by atoms with E-state index >= 15 is 0 Å². The Morgan fingerprint density at radius 1 is 1.12 bits per heavy atom. The van der Waals surface area contributed by atoms with E-state index in [9.17, 15) is 10.1 Å². The Balaban J connectivity index is 1.40. The van der Waals surface area contributed by atoms with Crippen LogP contribution in [0.25, 0.3) is 10.9 Å². The molecular weight excluding hydrogens is 648 g/mol. The highest BCUT2D eigenvalue weighted by Crippen LogP contribution is 2.38. The molecule has 0 radical (unpaired) electrons. The number of anilines is 3. The highest BCUT2D eigenvalue weighted by Gasteiger charge is 2.21. The fraction of sp³-hybridized carbons (Fsp3) is 0.333. The molecule has 1 saturated heterocycles. The fourth-order valence-corrected chi connectivity index (χ4v) is 5.35. The van der Waals surface area contributed by atoms with Crippen LogP contribution >= 0.6 is 11.6 Å². The number of carbonyl (C=O) groups is 1. The van der Waals surface area contributed by atoms with Crippen LogP contribution in [0.2, 0.25) is 5.02 Å². The number of amides is 1. The maximum Gasteiger partial charge on any atom is 0.248 e. The first-order valence-electron chi connectivity index (χ1n) is 15.9. The Morgan fingerprint density at radius 3 is 2.65 bits per heavy atom. The van der Waals surface area contributed by atoms with Crippen LogP contribution in [0.3, 0.4) is 0 Å². The molecule has 3 heterocycles. The number of nitriles is 1. The van der Waals surface area contributed by atoms with Gasteiger partial charge in [-0.2, -0.15) is 5.26 Å². The molecule has 1 aliphatic rings. The summed E-state index contributed by atoms with van der Waals surface area (Å²) in [6.07, 6.45) is 7.04. The zero-order chi connectivity index (χ0) is 34.4. The number of carbonyl (C=O) groups excluding carboxylic acids is 1. The Kier molecular flexibility index (Phi) is 13.1. The molecule has 5 rings (SSSR count). The molecule has 0 unspecified atom stereocenters. The highest BCUT2D eigenvalue weighted by molar-refractivity contribution is 6.32. The number of methoxy groups -OCH3 is 2. The lowest BCUT2D eigenvalue weighted by Crippen LogP contribution is -2.31. The SMILES string of the molecule is COCCN(CC=CC(=O)Nc1cc2c(Nc3ccc(OCc4ccccn4)c(Cl)c3)c(C#N)cnc2cc1O[C@H]1CCOC1)CCOC. The second kappa shape index (κ2) is 18.1. The standard InChI is InChI=1S/C36H39ClN6O6/c1-45-16-13-43(14-17-46-2)12-5-7-35(44)42-32-19-29-31(20-34(32)49-28-10-15-47-24-28)40-22-25(21-38)36(29)41-26-8-9-33(30(37)18-26)48-23-27-6-3-4-11-39-27/h3-9,11,18-20,22,28H,10,12-17,23-24H2,1-2H3,(H,40,41)(H,42,44)/t28-/m0/s1. The molecule has 12 nitrogen and oxygen atoms in total. The van der Waals surface area contributed by atoms with Crippen LogP contribution in [0, 0.1) is 11.3 Å². The summed E-state index contributed by atoms with van der Waals surface area (Å²) in [4.78, 5) is 24.1. The lowest BCUT2D eigenvalue weighted by atomic mass is 10.1. The molecule has 2 N–H and O–H groups in total. The third-order valence-corrected chi connectivity index (χ3v) is 7.98. The number of aromatic nitrogens is 2. The maximum atomic E-state index is 13.2. The monoisotopic (exact) mass is 686 g/mol. The summed E-state index contributed by atoms with van der Waals surface area (Å²) >= 11 is 6.59. The van der Waals surface area contributed by atoms with E-state index in [1.165, 1.54) is 12.3 Å². The maximum absolute atomic E-state index is 13.2. The minimum Gasteiger partial charge on any atom is -0.486 e. The van der Waals surface area contributed by atoms with Gasteiger partial charge in [-0.05, 0) is 36.4 Å². The first-order chi connectivity index (χ1) is 24.0. The zero-order valence-corrected chi connectivity index (χ0v) is 28.2. The third-order valence-electron chi connectivity index (χ3n) is 7.69. The quantitative estimate of drug-likeness (QED) is 0.132. The van der Waals surface area contributed by atoms with Gasteiger partial charge in [0.15, 0.2) is 0 Å². The Morgan fingerprint density at radius 2 is 1.96 bits per heavy atom. The molecule has 1 aliphatic heterocycles. The summed E-state index contributed by atoms with van der Waals surface area (Å²) in [7, 11) is 3.31. The Labute approximate surface area is 290 Å². The molecule has 0 saturated carbocycles. The van der Waals surface area contributed by atoms with Gasteiger partial charge in [0.2, 0.25) is 5.91 Å². The molecule has 0 spiro atoms. The van der Waals surface area contributed by atoms with Crippen molar-refractivity contribution in [3.8, 4) is 17.6 Å². The molecule has 4 aromatic rings. The van der Waals surface area contributed by atoms with Gasteiger partial charge in [-0.1, -0.05) is 23.7 Å². The average molecular weight is 687 g/mol. The fourth-order valence-electron chi connectivity index (χ4n) is 5.11. The smallest absolute Gasteiger partial charge is 0.248 e. The summed E-state index contributed by atoms with van der Waals surface area (Å²) in [5.74, 6) is 0.610.